The first-order valence-electron chi connectivity index (χ1n) is 6.40. The molecular formula is C13H8F4N2O6. The van der Waals surface area contributed by atoms with E-state index < -0.39 is 62.9 Å². The van der Waals surface area contributed by atoms with Gasteiger partial charge in [0.2, 0.25) is 11.6 Å². The van der Waals surface area contributed by atoms with Crippen molar-refractivity contribution in [1.82, 2.24) is 0 Å². The standard InChI is InChI=1S/C13H8F4N2O6/c1-13(2)24-11(20)4(12(21)25-13)3-18-9-7(16)5(14)6(15)8(17)10(9)19(22)23/h3,18H,1-2H3. The number of nitrogens with zero attached hydrogens (tertiary/aromatic N) is 1. The van der Waals surface area contributed by atoms with Crippen molar-refractivity contribution in [2.45, 2.75) is 19.6 Å². The molecule has 1 saturated heterocycles. The van der Waals surface area contributed by atoms with Gasteiger partial charge in [-0.2, -0.15) is 4.39 Å². The van der Waals surface area contributed by atoms with Crippen molar-refractivity contribution in [2.24, 2.45) is 0 Å². The lowest BCUT2D eigenvalue weighted by molar-refractivity contribution is -0.387. The lowest BCUT2D eigenvalue weighted by atomic mass is 10.2. The van der Waals surface area contributed by atoms with Crippen LogP contribution < -0.4 is 5.32 Å². The Morgan fingerprint density at radius 2 is 1.48 bits per heavy atom. The number of nitrogens with one attached hydrogen (secondary N) is 1. The molecule has 1 heterocycles. The van der Waals surface area contributed by atoms with Gasteiger partial charge in [0.15, 0.2) is 22.9 Å². The third-order valence-electron chi connectivity index (χ3n) is 2.90. The second kappa shape index (κ2) is 6.03. The van der Waals surface area contributed by atoms with Gasteiger partial charge in [0.25, 0.3) is 5.79 Å². The number of benzene rings is 1. The number of esters is 2. The van der Waals surface area contributed by atoms with Gasteiger partial charge >= 0.3 is 17.6 Å². The van der Waals surface area contributed by atoms with Crippen LogP contribution in [0.1, 0.15) is 13.8 Å². The zero-order valence-corrected chi connectivity index (χ0v) is 12.5. The Balaban J connectivity index is 2.50. The van der Waals surface area contributed by atoms with Crippen molar-refractivity contribution in [2.75, 3.05) is 5.32 Å². The normalized spacial score (nSPS) is 16.2. The molecule has 12 heteroatoms. The Bertz CT molecular complexity index is 815. The molecule has 1 aromatic carbocycles. The molecule has 1 aromatic rings. The maximum Gasteiger partial charge on any atom is 0.350 e. The van der Waals surface area contributed by atoms with Crippen LogP contribution in [0.2, 0.25) is 0 Å². The molecule has 0 atom stereocenters. The molecule has 8 nitrogen and oxygen atoms in total. The predicted octanol–water partition coefficient (Wildman–Crippen LogP) is 2.28. The largest absolute Gasteiger partial charge is 0.419 e. The molecule has 1 aliphatic heterocycles. The Hall–Kier alpha value is -3.18. The van der Waals surface area contributed by atoms with E-state index in [2.05, 4.69) is 0 Å². The van der Waals surface area contributed by atoms with Gasteiger partial charge in [-0.15, -0.1) is 0 Å². The summed E-state index contributed by atoms with van der Waals surface area (Å²) in [6.45, 7) is 2.48. The molecule has 0 unspecified atom stereocenters. The monoisotopic (exact) mass is 364 g/mol. The van der Waals surface area contributed by atoms with E-state index >= 15 is 0 Å². The number of halogens is 4. The molecule has 1 aliphatic rings. The van der Waals surface area contributed by atoms with E-state index in [1.165, 1.54) is 13.8 Å². The highest BCUT2D eigenvalue weighted by atomic mass is 19.2. The van der Waals surface area contributed by atoms with Crippen LogP contribution in [0.4, 0.5) is 28.9 Å². The van der Waals surface area contributed by atoms with Gasteiger partial charge in [-0.3, -0.25) is 10.1 Å². The Kier molecular flexibility index (Phi) is 4.38. The molecule has 0 bridgehead atoms. The van der Waals surface area contributed by atoms with Crippen LogP contribution in [0.5, 0.6) is 0 Å². The number of carbonyl (C=O) groups excluding carboxylic acids is 2. The fourth-order valence-corrected chi connectivity index (χ4v) is 1.85. The van der Waals surface area contributed by atoms with Gasteiger partial charge < -0.3 is 14.8 Å². The van der Waals surface area contributed by atoms with E-state index in [9.17, 15) is 37.3 Å². The third kappa shape index (κ3) is 3.22. The summed E-state index contributed by atoms with van der Waals surface area (Å²) in [6.07, 6.45) is 0.391. The summed E-state index contributed by atoms with van der Waals surface area (Å²) in [5.41, 5.74) is -4.05. The average Bonchev–Trinajstić information content (AvgIpc) is 2.47. The van der Waals surface area contributed by atoms with Gasteiger partial charge in [0, 0.05) is 20.0 Å². The smallest absolute Gasteiger partial charge is 0.350 e. The first kappa shape index (κ1) is 18.2. The van der Waals surface area contributed by atoms with Crippen molar-refractivity contribution < 1.29 is 41.5 Å². The van der Waals surface area contributed by atoms with E-state index in [0.717, 1.165) is 0 Å². The SMILES string of the molecule is CC1(C)OC(=O)C(=CNc2c(F)c(F)c(F)c(F)c2[N+](=O)[O-])C(=O)O1. The molecule has 0 aromatic heterocycles. The van der Waals surface area contributed by atoms with Crippen LogP contribution in [0.15, 0.2) is 11.8 Å². The molecule has 25 heavy (non-hydrogen) atoms. The second-order valence-electron chi connectivity index (χ2n) is 5.12. The number of nitro groups is 1. The number of anilines is 1. The van der Waals surface area contributed by atoms with Crippen LogP contribution >= 0.6 is 0 Å². The summed E-state index contributed by atoms with van der Waals surface area (Å²) in [5, 5.41) is 12.5. The summed E-state index contributed by atoms with van der Waals surface area (Å²) in [6, 6.07) is 0. The van der Waals surface area contributed by atoms with Crippen molar-refractivity contribution in [1.29, 1.82) is 0 Å². The van der Waals surface area contributed by atoms with E-state index in [4.69, 9.17) is 9.47 Å². The van der Waals surface area contributed by atoms with Gasteiger partial charge in [0.1, 0.15) is 0 Å². The zero-order chi connectivity index (χ0) is 19.1. The topological polar surface area (TPSA) is 108 Å². The molecule has 1 N–H and O–H groups in total. The van der Waals surface area contributed by atoms with Crippen molar-refractivity contribution >= 4 is 23.3 Å². The van der Waals surface area contributed by atoms with Gasteiger partial charge in [-0.05, 0) is 0 Å². The van der Waals surface area contributed by atoms with E-state index in [0.29, 0.717) is 6.20 Å². The van der Waals surface area contributed by atoms with Crippen molar-refractivity contribution in [3.8, 4) is 0 Å². The van der Waals surface area contributed by atoms with Crippen molar-refractivity contribution in [3.05, 3.63) is 45.2 Å². The molecule has 0 spiro atoms. The lowest BCUT2D eigenvalue weighted by Gasteiger charge is -2.29. The van der Waals surface area contributed by atoms with Crippen LogP contribution in [-0.4, -0.2) is 22.6 Å². The number of cyclic esters (lactones) is 2. The van der Waals surface area contributed by atoms with Crippen LogP contribution in [-0.2, 0) is 19.1 Å². The second-order valence-corrected chi connectivity index (χ2v) is 5.12. The molecule has 0 aliphatic carbocycles. The average molecular weight is 364 g/mol. The summed E-state index contributed by atoms with van der Waals surface area (Å²) >= 11 is 0. The van der Waals surface area contributed by atoms with Gasteiger partial charge in [-0.1, -0.05) is 0 Å². The lowest BCUT2D eigenvalue weighted by Crippen LogP contribution is -2.42. The maximum absolute atomic E-state index is 13.7. The summed E-state index contributed by atoms with van der Waals surface area (Å²) in [5.74, 6) is -13.2. The van der Waals surface area contributed by atoms with E-state index in [1.54, 1.807) is 5.32 Å². The Morgan fingerprint density at radius 3 is 1.96 bits per heavy atom. The molecule has 0 radical (unpaired) electrons. The minimum atomic E-state index is -2.39. The van der Waals surface area contributed by atoms with E-state index in [1.807, 2.05) is 0 Å². The zero-order valence-electron chi connectivity index (χ0n) is 12.5. The Labute approximate surface area is 136 Å². The summed E-state index contributed by atoms with van der Waals surface area (Å²) < 4.78 is 63.0. The predicted molar refractivity (Wildman–Crippen MR) is 70.9 cm³/mol. The van der Waals surface area contributed by atoms with Crippen LogP contribution in [0.25, 0.3) is 0 Å². The number of hydrogen-bond acceptors (Lipinski definition) is 7. The molecule has 0 saturated carbocycles. The summed E-state index contributed by atoms with van der Waals surface area (Å²) in [7, 11) is 0. The quantitative estimate of drug-likeness (QED) is 0.128. The fourth-order valence-electron chi connectivity index (χ4n) is 1.85. The summed E-state index contributed by atoms with van der Waals surface area (Å²) in [4.78, 5) is 32.6. The Morgan fingerprint density at radius 1 is 1.00 bits per heavy atom. The minimum absolute atomic E-state index is 0.391. The van der Waals surface area contributed by atoms with E-state index in [-0.39, 0.29) is 0 Å². The molecule has 1 fully saturated rings. The number of hydrogen-bond donors (Lipinski definition) is 1. The minimum Gasteiger partial charge on any atom is -0.419 e. The number of nitro benzene ring substituents is 1. The first-order chi connectivity index (χ1) is 11.5. The highest BCUT2D eigenvalue weighted by molar-refractivity contribution is 6.15. The number of carbonyl (C=O) groups is 2. The molecule has 0 amide bonds. The van der Waals surface area contributed by atoms with Gasteiger partial charge in [-0.25, -0.2) is 22.8 Å². The van der Waals surface area contributed by atoms with Gasteiger partial charge in [0.05, 0.1) is 4.92 Å². The highest BCUT2D eigenvalue weighted by Crippen LogP contribution is 2.35. The molecule has 2 rings (SSSR count). The third-order valence-corrected chi connectivity index (χ3v) is 2.90. The van der Waals surface area contributed by atoms with Crippen molar-refractivity contribution in [3.63, 3.8) is 0 Å². The van der Waals surface area contributed by atoms with Crippen LogP contribution in [0, 0.1) is 33.4 Å². The maximum atomic E-state index is 13.7. The highest BCUT2D eigenvalue weighted by Gasteiger charge is 2.39. The fraction of sp³-hybridized carbons (Fsp3) is 0.231. The molecule has 134 valence electrons. The van der Waals surface area contributed by atoms with Crippen LogP contribution in [0.3, 0.4) is 0 Å². The first-order valence-corrected chi connectivity index (χ1v) is 6.40. The molecular weight excluding hydrogens is 356 g/mol. The number of ether oxygens (including phenoxy) is 2. The number of rotatable bonds is 3.